The number of allylic oxidation sites excluding steroid dienone is 1. The SMILES string of the molecule is Cc1cccc(/C=C(/C#N)c2nc(N)nc(N(C)C)n2)c1. The van der Waals surface area contributed by atoms with Crippen molar-refractivity contribution >= 4 is 23.5 Å². The van der Waals surface area contributed by atoms with Gasteiger partial charge in [0.2, 0.25) is 11.9 Å². The van der Waals surface area contributed by atoms with Gasteiger partial charge in [-0.2, -0.15) is 20.2 Å². The Bertz CT molecular complexity index is 727. The molecule has 1 heterocycles. The Hall–Kier alpha value is -2.94. The van der Waals surface area contributed by atoms with Gasteiger partial charge in [-0.1, -0.05) is 29.8 Å². The van der Waals surface area contributed by atoms with Gasteiger partial charge in [0.1, 0.15) is 6.07 Å². The predicted molar refractivity (Wildman–Crippen MR) is 83.2 cm³/mol. The fraction of sp³-hybridized carbons (Fsp3) is 0.200. The lowest BCUT2D eigenvalue weighted by Crippen LogP contribution is -2.15. The number of anilines is 2. The van der Waals surface area contributed by atoms with Crippen LogP contribution < -0.4 is 10.6 Å². The van der Waals surface area contributed by atoms with Gasteiger partial charge in [0.25, 0.3) is 0 Å². The van der Waals surface area contributed by atoms with E-state index in [1.54, 1.807) is 25.1 Å². The highest BCUT2D eigenvalue weighted by atomic mass is 15.3. The number of nitrogen functional groups attached to an aromatic ring is 1. The summed E-state index contributed by atoms with van der Waals surface area (Å²) in [6, 6.07) is 9.94. The molecule has 21 heavy (non-hydrogen) atoms. The van der Waals surface area contributed by atoms with Crippen molar-refractivity contribution in [2.24, 2.45) is 0 Å². The largest absolute Gasteiger partial charge is 0.368 e. The van der Waals surface area contributed by atoms with E-state index < -0.39 is 0 Å². The van der Waals surface area contributed by atoms with Crippen molar-refractivity contribution in [3.05, 3.63) is 41.2 Å². The molecule has 1 aromatic heterocycles. The molecule has 0 unspecified atom stereocenters. The highest BCUT2D eigenvalue weighted by molar-refractivity contribution is 5.87. The second-order valence-electron chi connectivity index (χ2n) is 4.80. The number of nitrogens with zero attached hydrogens (tertiary/aromatic N) is 5. The summed E-state index contributed by atoms with van der Waals surface area (Å²) in [4.78, 5) is 14.0. The van der Waals surface area contributed by atoms with Gasteiger partial charge in [-0.3, -0.25) is 0 Å². The van der Waals surface area contributed by atoms with Gasteiger partial charge in [-0.15, -0.1) is 0 Å². The van der Waals surface area contributed by atoms with Crippen molar-refractivity contribution in [2.45, 2.75) is 6.92 Å². The van der Waals surface area contributed by atoms with Crippen LogP contribution in [0.5, 0.6) is 0 Å². The molecule has 0 aliphatic heterocycles. The van der Waals surface area contributed by atoms with E-state index in [1.807, 2.05) is 31.2 Å². The van der Waals surface area contributed by atoms with Gasteiger partial charge in [-0.25, -0.2) is 0 Å². The summed E-state index contributed by atoms with van der Waals surface area (Å²) in [7, 11) is 3.60. The zero-order chi connectivity index (χ0) is 15.4. The van der Waals surface area contributed by atoms with Gasteiger partial charge in [0.05, 0.1) is 5.57 Å². The highest BCUT2D eigenvalue weighted by Gasteiger charge is 2.10. The van der Waals surface area contributed by atoms with Crippen LogP contribution in [0.2, 0.25) is 0 Å². The van der Waals surface area contributed by atoms with E-state index in [4.69, 9.17) is 5.73 Å². The molecule has 2 rings (SSSR count). The van der Waals surface area contributed by atoms with Crippen LogP contribution in [0.3, 0.4) is 0 Å². The first-order valence-electron chi connectivity index (χ1n) is 6.37. The van der Waals surface area contributed by atoms with Gasteiger partial charge in [0.15, 0.2) is 5.82 Å². The smallest absolute Gasteiger partial charge is 0.230 e. The summed E-state index contributed by atoms with van der Waals surface area (Å²) < 4.78 is 0. The second-order valence-corrected chi connectivity index (χ2v) is 4.80. The third-order valence-corrected chi connectivity index (χ3v) is 2.76. The number of aryl methyl sites for hydroxylation is 1. The van der Waals surface area contributed by atoms with E-state index in [2.05, 4.69) is 21.0 Å². The minimum atomic E-state index is 0.0918. The molecular formula is C15H16N6. The zero-order valence-corrected chi connectivity index (χ0v) is 12.2. The summed E-state index contributed by atoms with van der Waals surface area (Å²) in [6.45, 7) is 1.99. The van der Waals surface area contributed by atoms with Crippen molar-refractivity contribution in [2.75, 3.05) is 24.7 Å². The molecule has 0 fully saturated rings. The Morgan fingerprint density at radius 3 is 2.67 bits per heavy atom. The standard InChI is InChI=1S/C15H16N6/c1-10-5-4-6-11(7-10)8-12(9-16)13-18-14(17)20-15(19-13)21(2)3/h4-8H,1-3H3,(H2,17,18,19,20)/b12-8-. The number of hydrogen-bond donors (Lipinski definition) is 1. The van der Waals surface area contributed by atoms with E-state index in [1.165, 1.54) is 0 Å². The maximum Gasteiger partial charge on any atom is 0.230 e. The molecule has 2 N–H and O–H groups in total. The molecule has 6 heteroatoms. The number of nitrogens with two attached hydrogens (primary N) is 1. The van der Waals surface area contributed by atoms with Crippen LogP contribution in [0.4, 0.5) is 11.9 Å². The second kappa shape index (κ2) is 6.01. The van der Waals surface area contributed by atoms with Crippen LogP contribution in [0.25, 0.3) is 11.6 Å². The third kappa shape index (κ3) is 3.54. The van der Waals surface area contributed by atoms with Crippen LogP contribution in [-0.2, 0) is 0 Å². The first-order chi connectivity index (χ1) is 9.99. The quantitative estimate of drug-likeness (QED) is 0.863. The van der Waals surface area contributed by atoms with Crippen molar-refractivity contribution in [3.63, 3.8) is 0 Å². The Balaban J connectivity index is 2.49. The van der Waals surface area contributed by atoms with Gasteiger partial charge in [-0.05, 0) is 18.6 Å². The average Bonchev–Trinajstić information content (AvgIpc) is 2.44. The molecule has 0 radical (unpaired) electrons. The lowest BCUT2D eigenvalue weighted by molar-refractivity contribution is 0.952. The summed E-state index contributed by atoms with van der Waals surface area (Å²) in [5.74, 6) is 0.784. The number of nitriles is 1. The minimum absolute atomic E-state index is 0.0918. The Morgan fingerprint density at radius 2 is 2.05 bits per heavy atom. The summed E-state index contributed by atoms with van der Waals surface area (Å²) in [6.07, 6.45) is 1.74. The Morgan fingerprint density at radius 1 is 1.29 bits per heavy atom. The van der Waals surface area contributed by atoms with Crippen LogP contribution in [0.1, 0.15) is 17.0 Å². The van der Waals surface area contributed by atoms with Crippen LogP contribution in [0.15, 0.2) is 24.3 Å². The predicted octanol–water partition coefficient (Wildman–Crippen LogP) is 1.89. The molecule has 0 saturated carbocycles. The van der Waals surface area contributed by atoms with Crippen LogP contribution >= 0.6 is 0 Å². The lowest BCUT2D eigenvalue weighted by Gasteiger charge is -2.11. The summed E-state index contributed by atoms with van der Waals surface area (Å²) >= 11 is 0. The molecule has 1 aromatic carbocycles. The maximum atomic E-state index is 9.36. The van der Waals surface area contributed by atoms with Crippen molar-refractivity contribution in [1.29, 1.82) is 5.26 Å². The molecule has 0 aliphatic carbocycles. The van der Waals surface area contributed by atoms with Crippen LogP contribution in [0, 0.1) is 18.3 Å². The normalized spacial score (nSPS) is 11.0. The minimum Gasteiger partial charge on any atom is -0.368 e. The molecule has 6 nitrogen and oxygen atoms in total. The van der Waals surface area contributed by atoms with E-state index >= 15 is 0 Å². The molecule has 0 saturated heterocycles. The van der Waals surface area contributed by atoms with E-state index in [0.29, 0.717) is 11.5 Å². The van der Waals surface area contributed by atoms with Gasteiger partial charge in [0, 0.05) is 14.1 Å². The molecule has 0 spiro atoms. The Kier molecular flexibility index (Phi) is 4.14. The topological polar surface area (TPSA) is 91.7 Å². The molecule has 0 atom stereocenters. The number of hydrogen-bond acceptors (Lipinski definition) is 6. The monoisotopic (exact) mass is 280 g/mol. The fourth-order valence-corrected chi connectivity index (χ4v) is 1.77. The van der Waals surface area contributed by atoms with Crippen LogP contribution in [-0.4, -0.2) is 29.0 Å². The highest BCUT2D eigenvalue weighted by Crippen LogP contribution is 2.17. The van der Waals surface area contributed by atoms with Crippen molar-refractivity contribution in [1.82, 2.24) is 15.0 Å². The van der Waals surface area contributed by atoms with Crippen molar-refractivity contribution < 1.29 is 0 Å². The first kappa shape index (κ1) is 14.5. The van der Waals surface area contributed by atoms with Gasteiger partial charge >= 0.3 is 0 Å². The third-order valence-electron chi connectivity index (χ3n) is 2.76. The van der Waals surface area contributed by atoms with Crippen molar-refractivity contribution in [3.8, 4) is 6.07 Å². The number of rotatable bonds is 3. The fourth-order valence-electron chi connectivity index (χ4n) is 1.77. The number of aromatic nitrogens is 3. The van der Waals surface area contributed by atoms with E-state index in [9.17, 15) is 5.26 Å². The average molecular weight is 280 g/mol. The first-order valence-corrected chi connectivity index (χ1v) is 6.37. The molecule has 0 aliphatic rings. The molecule has 2 aromatic rings. The summed E-state index contributed by atoms with van der Waals surface area (Å²) in [5.41, 5.74) is 8.06. The molecular weight excluding hydrogens is 264 g/mol. The zero-order valence-electron chi connectivity index (χ0n) is 12.2. The Labute approximate surface area is 123 Å². The van der Waals surface area contributed by atoms with E-state index in [0.717, 1.165) is 11.1 Å². The molecule has 106 valence electrons. The summed E-state index contributed by atoms with van der Waals surface area (Å²) in [5, 5.41) is 9.36. The van der Waals surface area contributed by atoms with Gasteiger partial charge < -0.3 is 10.6 Å². The number of benzene rings is 1. The van der Waals surface area contributed by atoms with E-state index in [-0.39, 0.29) is 11.8 Å². The lowest BCUT2D eigenvalue weighted by atomic mass is 10.1. The maximum absolute atomic E-state index is 9.36. The molecule has 0 bridgehead atoms. The molecule has 0 amide bonds.